The average molecular weight is 377 g/mol. The van der Waals surface area contributed by atoms with E-state index < -0.39 is 5.82 Å². The summed E-state index contributed by atoms with van der Waals surface area (Å²) in [7, 11) is 0. The highest BCUT2D eigenvalue weighted by Crippen LogP contribution is 2.49. The van der Waals surface area contributed by atoms with Crippen LogP contribution in [0.5, 0.6) is 0 Å². The predicted octanol–water partition coefficient (Wildman–Crippen LogP) is 5.00. The zero-order valence-electron chi connectivity index (χ0n) is 14.9. The van der Waals surface area contributed by atoms with Gasteiger partial charge in [0.05, 0.1) is 10.6 Å². The van der Waals surface area contributed by atoms with Gasteiger partial charge >= 0.3 is 0 Å². The van der Waals surface area contributed by atoms with Gasteiger partial charge in [0.2, 0.25) is 0 Å². The highest BCUT2D eigenvalue weighted by Gasteiger charge is 2.42. The van der Waals surface area contributed by atoms with Crippen LogP contribution in [0.4, 0.5) is 4.39 Å². The van der Waals surface area contributed by atoms with E-state index in [0.717, 1.165) is 5.92 Å². The number of carbonyl (C=O) groups is 1. The number of rotatable bonds is 4. The summed E-state index contributed by atoms with van der Waals surface area (Å²) in [6.07, 6.45) is 5.05. The van der Waals surface area contributed by atoms with E-state index >= 15 is 0 Å². The quantitative estimate of drug-likeness (QED) is 0.817. The maximum Gasteiger partial charge on any atom is 0.257 e. The number of hydrogen-bond donors (Lipinski definition) is 1. The molecule has 2 fully saturated rings. The Bertz CT molecular complexity index is 830. The number of nitrogens with zero attached hydrogens (tertiary/aromatic N) is 1. The first-order valence-electron chi connectivity index (χ1n) is 9.17. The van der Waals surface area contributed by atoms with Gasteiger partial charge < -0.3 is 9.84 Å². The Hall–Kier alpha value is -1.88. The predicted molar refractivity (Wildman–Crippen MR) is 97.5 cm³/mol. The number of hydrogen-bond acceptors (Lipinski definition) is 3. The Morgan fingerprint density at radius 3 is 2.85 bits per heavy atom. The lowest BCUT2D eigenvalue weighted by molar-refractivity contribution is 0.0914. The van der Waals surface area contributed by atoms with E-state index in [9.17, 15) is 9.18 Å². The fourth-order valence-corrected chi connectivity index (χ4v) is 5.08. The van der Waals surface area contributed by atoms with Gasteiger partial charge in [0.15, 0.2) is 0 Å². The van der Waals surface area contributed by atoms with Crippen LogP contribution in [0.15, 0.2) is 22.7 Å². The molecule has 0 spiro atoms. The summed E-state index contributed by atoms with van der Waals surface area (Å²) in [4.78, 5) is 12.9. The first-order chi connectivity index (χ1) is 12.5. The van der Waals surface area contributed by atoms with Gasteiger partial charge in [0.1, 0.15) is 22.8 Å². The van der Waals surface area contributed by atoms with E-state index in [1.807, 2.05) is 0 Å². The number of nitrogens with one attached hydrogen (secondary N) is 1. The minimum Gasteiger partial charge on any atom is -0.360 e. The molecule has 1 aromatic heterocycles. The maximum atomic E-state index is 14.3. The van der Waals surface area contributed by atoms with E-state index in [0.29, 0.717) is 17.6 Å². The van der Waals surface area contributed by atoms with Gasteiger partial charge in [-0.2, -0.15) is 0 Å². The number of benzene rings is 1. The summed E-state index contributed by atoms with van der Waals surface area (Å²) < 4.78 is 19.5. The Kier molecular flexibility index (Phi) is 4.51. The Labute approximate surface area is 157 Å². The van der Waals surface area contributed by atoms with E-state index in [-0.39, 0.29) is 33.8 Å². The number of fused-ring (bicyclic) bond motifs is 2. The maximum absolute atomic E-state index is 14.3. The van der Waals surface area contributed by atoms with Crippen LogP contribution < -0.4 is 5.32 Å². The molecule has 4 atom stereocenters. The largest absolute Gasteiger partial charge is 0.360 e. The van der Waals surface area contributed by atoms with Crippen molar-refractivity contribution in [1.29, 1.82) is 0 Å². The fourth-order valence-electron chi connectivity index (χ4n) is 4.83. The van der Waals surface area contributed by atoms with Crippen molar-refractivity contribution < 1.29 is 13.7 Å². The van der Waals surface area contributed by atoms with Crippen molar-refractivity contribution in [3.63, 3.8) is 0 Å². The van der Waals surface area contributed by atoms with Crippen LogP contribution in [0, 0.1) is 30.5 Å². The van der Waals surface area contributed by atoms with Crippen LogP contribution in [0.25, 0.3) is 11.3 Å². The third-order valence-corrected chi connectivity index (χ3v) is 6.40. The second-order valence-corrected chi connectivity index (χ2v) is 8.07. The second-order valence-electron chi connectivity index (χ2n) is 7.66. The smallest absolute Gasteiger partial charge is 0.257 e. The Balaban J connectivity index is 1.60. The van der Waals surface area contributed by atoms with E-state index in [4.69, 9.17) is 16.1 Å². The minimum absolute atomic E-state index is 0.0658. The summed E-state index contributed by atoms with van der Waals surface area (Å²) in [5, 5.41) is 7.21. The van der Waals surface area contributed by atoms with E-state index in [1.165, 1.54) is 37.8 Å². The monoisotopic (exact) mass is 376 g/mol. The van der Waals surface area contributed by atoms with Crippen molar-refractivity contribution in [1.82, 2.24) is 10.5 Å². The zero-order chi connectivity index (χ0) is 18.4. The normalized spacial score (nSPS) is 25.5. The fraction of sp³-hybridized carbons (Fsp3) is 0.500. The van der Waals surface area contributed by atoms with Crippen LogP contribution in [0.2, 0.25) is 5.02 Å². The SMILES string of the molecule is Cc1onc(-c2c(F)cccc2Cl)c1C(=O)NC(C)C1CC2CCC1C2. The van der Waals surface area contributed by atoms with Crippen molar-refractivity contribution in [3.8, 4) is 11.3 Å². The lowest BCUT2D eigenvalue weighted by Crippen LogP contribution is -2.40. The van der Waals surface area contributed by atoms with Crippen molar-refractivity contribution >= 4 is 17.5 Å². The molecule has 2 aliphatic carbocycles. The molecule has 2 bridgehead atoms. The third kappa shape index (κ3) is 2.92. The Morgan fingerprint density at radius 1 is 1.38 bits per heavy atom. The standard InChI is InChI=1S/C20H22ClFN2O2/c1-10(14-9-12-6-7-13(14)8-12)23-20(25)17-11(2)26-24-19(17)18-15(21)4-3-5-16(18)22/h3-5,10,12-14H,6-9H2,1-2H3,(H,23,25). The Morgan fingerprint density at radius 2 is 2.19 bits per heavy atom. The topological polar surface area (TPSA) is 55.1 Å². The molecule has 2 aliphatic rings. The molecule has 1 N–H and O–H groups in total. The van der Waals surface area contributed by atoms with Gasteiger partial charge in [-0.05, 0) is 63.0 Å². The van der Waals surface area contributed by atoms with Crippen LogP contribution in [0.3, 0.4) is 0 Å². The number of carbonyl (C=O) groups excluding carboxylic acids is 1. The molecule has 1 aromatic carbocycles. The van der Waals surface area contributed by atoms with Gasteiger partial charge in [-0.15, -0.1) is 0 Å². The molecule has 4 unspecified atom stereocenters. The summed E-state index contributed by atoms with van der Waals surface area (Å²) in [5.41, 5.74) is 0.513. The minimum atomic E-state index is -0.527. The summed E-state index contributed by atoms with van der Waals surface area (Å²) >= 11 is 6.15. The number of amides is 1. The van der Waals surface area contributed by atoms with Gasteiger partial charge in [-0.3, -0.25) is 4.79 Å². The van der Waals surface area contributed by atoms with Crippen LogP contribution >= 0.6 is 11.6 Å². The lowest BCUT2D eigenvalue weighted by Gasteiger charge is -2.28. The average Bonchev–Trinajstić information content (AvgIpc) is 3.30. The third-order valence-electron chi connectivity index (χ3n) is 6.08. The molecule has 138 valence electrons. The molecule has 26 heavy (non-hydrogen) atoms. The summed E-state index contributed by atoms with van der Waals surface area (Å²) in [5.74, 6) is 1.58. The number of halogens is 2. The summed E-state index contributed by atoms with van der Waals surface area (Å²) in [6, 6.07) is 4.45. The molecule has 0 aliphatic heterocycles. The molecule has 1 amide bonds. The van der Waals surface area contributed by atoms with Gasteiger partial charge in [0, 0.05) is 6.04 Å². The molecule has 0 saturated heterocycles. The van der Waals surface area contributed by atoms with Gasteiger partial charge in [-0.1, -0.05) is 29.2 Å². The van der Waals surface area contributed by atoms with Crippen molar-refractivity contribution in [2.75, 3.05) is 0 Å². The molecular weight excluding hydrogens is 355 g/mol. The van der Waals surface area contributed by atoms with Crippen LogP contribution in [0.1, 0.15) is 48.7 Å². The van der Waals surface area contributed by atoms with E-state index in [2.05, 4.69) is 17.4 Å². The van der Waals surface area contributed by atoms with Crippen molar-refractivity contribution in [2.24, 2.45) is 17.8 Å². The molecule has 4 rings (SSSR count). The van der Waals surface area contributed by atoms with Gasteiger partial charge in [-0.25, -0.2) is 4.39 Å². The first kappa shape index (κ1) is 17.5. The first-order valence-corrected chi connectivity index (χ1v) is 9.55. The van der Waals surface area contributed by atoms with Crippen LogP contribution in [-0.4, -0.2) is 17.1 Å². The van der Waals surface area contributed by atoms with Gasteiger partial charge in [0.25, 0.3) is 5.91 Å². The van der Waals surface area contributed by atoms with Crippen molar-refractivity contribution in [3.05, 3.63) is 40.4 Å². The lowest BCUT2D eigenvalue weighted by atomic mass is 9.84. The number of aromatic nitrogens is 1. The highest BCUT2D eigenvalue weighted by molar-refractivity contribution is 6.33. The zero-order valence-corrected chi connectivity index (χ0v) is 15.6. The summed E-state index contributed by atoms with van der Waals surface area (Å²) in [6.45, 7) is 3.71. The van der Waals surface area contributed by atoms with E-state index in [1.54, 1.807) is 13.0 Å². The number of aryl methyl sites for hydroxylation is 1. The molecule has 1 heterocycles. The molecule has 2 saturated carbocycles. The molecule has 6 heteroatoms. The second kappa shape index (κ2) is 6.69. The molecule has 2 aromatic rings. The molecule has 0 radical (unpaired) electrons. The molecular formula is C20H22ClFN2O2. The molecule has 4 nitrogen and oxygen atoms in total. The van der Waals surface area contributed by atoms with Crippen molar-refractivity contribution in [2.45, 2.75) is 45.6 Å². The van der Waals surface area contributed by atoms with Crippen LogP contribution in [-0.2, 0) is 0 Å². The highest BCUT2D eigenvalue weighted by atomic mass is 35.5.